The summed E-state index contributed by atoms with van der Waals surface area (Å²) in [6, 6.07) is 6.68. The van der Waals surface area contributed by atoms with Gasteiger partial charge in [0.2, 0.25) is 5.91 Å². The van der Waals surface area contributed by atoms with Crippen molar-refractivity contribution in [3.63, 3.8) is 0 Å². The SMILES string of the molecule is C=C/C=C(\C(=C)C(=C)/C=C\C)C(=O)Nc1ccc(C(N)=NC(C)=O)cc1. The minimum absolute atomic E-state index is 0.124. The summed E-state index contributed by atoms with van der Waals surface area (Å²) in [5.41, 5.74) is 8.40. The number of hydrogen-bond acceptors (Lipinski definition) is 2. The maximum Gasteiger partial charge on any atom is 0.256 e. The predicted molar refractivity (Wildman–Crippen MR) is 108 cm³/mol. The highest BCUT2D eigenvalue weighted by molar-refractivity contribution is 6.08. The Kier molecular flexibility index (Phi) is 7.70. The number of hydrogen-bond donors (Lipinski definition) is 2. The number of amides is 2. The zero-order valence-electron chi connectivity index (χ0n) is 15.1. The van der Waals surface area contributed by atoms with Crippen LogP contribution in [0.4, 0.5) is 5.69 Å². The Morgan fingerprint density at radius 1 is 1.19 bits per heavy atom. The van der Waals surface area contributed by atoms with E-state index in [0.29, 0.717) is 28.0 Å². The van der Waals surface area contributed by atoms with Gasteiger partial charge < -0.3 is 11.1 Å². The molecule has 0 aromatic heterocycles. The average molecular weight is 349 g/mol. The summed E-state index contributed by atoms with van der Waals surface area (Å²) in [5, 5.41) is 2.78. The number of aliphatic imine (C=N–C) groups is 1. The molecule has 1 aromatic carbocycles. The minimum Gasteiger partial charge on any atom is -0.383 e. The molecule has 5 heteroatoms. The Morgan fingerprint density at radius 3 is 2.31 bits per heavy atom. The summed E-state index contributed by atoms with van der Waals surface area (Å²) in [6.07, 6.45) is 6.70. The predicted octanol–water partition coefficient (Wildman–Crippen LogP) is 3.68. The molecule has 0 unspecified atom stereocenters. The molecule has 0 bridgehead atoms. The number of nitrogens with one attached hydrogen (secondary N) is 1. The topological polar surface area (TPSA) is 84.6 Å². The average Bonchev–Trinajstić information content (AvgIpc) is 2.59. The first kappa shape index (κ1) is 20.6. The maximum absolute atomic E-state index is 12.6. The summed E-state index contributed by atoms with van der Waals surface area (Å²) in [5.74, 6) is -0.587. The van der Waals surface area contributed by atoms with Crippen LogP contribution < -0.4 is 11.1 Å². The van der Waals surface area contributed by atoms with Gasteiger partial charge in [0.15, 0.2) is 0 Å². The largest absolute Gasteiger partial charge is 0.383 e. The highest BCUT2D eigenvalue weighted by Gasteiger charge is 2.14. The second kappa shape index (κ2) is 9.74. The quantitative estimate of drug-likeness (QED) is 0.341. The molecule has 0 aliphatic rings. The van der Waals surface area contributed by atoms with Crippen LogP contribution in [0, 0.1) is 0 Å². The molecular formula is C21H23N3O2. The Hall–Kier alpha value is -3.47. The number of benzene rings is 1. The van der Waals surface area contributed by atoms with Crippen LogP contribution in [-0.4, -0.2) is 17.6 Å². The number of nitrogens with two attached hydrogens (primary N) is 1. The van der Waals surface area contributed by atoms with E-state index in [4.69, 9.17) is 5.73 Å². The fourth-order valence-corrected chi connectivity index (χ4v) is 2.06. The van der Waals surface area contributed by atoms with Crippen LogP contribution in [0.25, 0.3) is 0 Å². The van der Waals surface area contributed by atoms with Crippen LogP contribution in [0.15, 0.2) is 90.0 Å². The third-order valence-corrected chi connectivity index (χ3v) is 3.33. The van der Waals surface area contributed by atoms with Crippen molar-refractivity contribution >= 4 is 23.3 Å². The number of nitrogens with zero attached hydrogens (tertiary/aromatic N) is 1. The van der Waals surface area contributed by atoms with Gasteiger partial charge in [-0.25, -0.2) is 0 Å². The third-order valence-electron chi connectivity index (χ3n) is 3.33. The van der Waals surface area contributed by atoms with E-state index in [1.54, 1.807) is 36.4 Å². The number of carbonyl (C=O) groups excluding carboxylic acids is 2. The van der Waals surface area contributed by atoms with Crippen LogP contribution >= 0.6 is 0 Å². The molecule has 0 heterocycles. The molecule has 0 fully saturated rings. The lowest BCUT2D eigenvalue weighted by molar-refractivity contribution is -0.115. The van der Waals surface area contributed by atoms with E-state index in [1.165, 1.54) is 13.0 Å². The fourth-order valence-electron chi connectivity index (χ4n) is 2.06. The summed E-state index contributed by atoms with van der Waals surface area (Å²) in [6.45, 7) is 14.6. The zero-order chi connectivity index (χ0) is 19.7. The van der Waals surface area contributed by atoms with Crippen molar-refractivity contribution in [2.45, 2.75) is 13.8 Å². The Labute approximate surface area is 154 Å². The molecule has 0 atom stereocenters. The number of allylic oxidation sites excluding steroid dienone is 5. The van der Waals surface area contributed by atoms with Gasteiger partial charge >= 0.3 is 0 Å². The monoisotopic (exact) mass is 349 g/mol. The van der Waals surface area contributed by atoms with Gasteiger partial charge in [0.1, 0.15) is 5.84 Å². The van der Waals surface area contributed by atoms with Crippen LogP contribution in [0.3, 0.4) is 0 Å². The molecule has 0 spiro atoms. The molecule has 0 aliphatic carbocycles. The second-order valence-electron chi connectivity index (χ2n) is 5.37. The van der Waals surface area contributed by atoms with Crippen molar-refractivity contribution in [3.05, 3.63) is 90.6 Å². The maximum atomic E-state index is 12.6. The van der Waals surface area contributed by atoms with Gasteiger partial charge in [-0.3, -0.25) is 9.59 Å². The van der Waals surface area contributed by atoms with Crippen molar-refractivity contribution in [1.29, 1.82) is 0 Å². The zero-order valence-corrected chi connectivity index (χ0v) is 15.1. The van der Waals surface area contributed by atoms with Crippen molar-refractivity contribution < 1.29 is 9.59 Å². The number of rotatable bonds is 7. The van der Waals surface area contributed by atoms with Gasteiger partial charge in [-0.2, -0.15) is 4.99 Å². The minimum atomic E-state index is -0.376. The Balaban J connectivity index is 2.99. The standard InChI is InChI=1S/C21H23N3O2/c1-6-8-14(3)15(4)19(9-7-2)21(26)24-18-12-10-17(11-13-18)20(22)23-16(5)25/h6-13H,2-4H2,1,5H3,(H,24,26)(H2,22,23,25)/b8-6-,19-9+. The van der Waals surface area contributed by atoms with E-state index >= 15 is 0 Å². The van der Waals surface area contributed by atoms with Crippen molar-refractivity contribution in [3.8, 4) is 0 Å². The van der Waals surface area contributed by atoms with Crippen molar-refractivity contribution in [2.75, 3.05) is 5.32 Å². The molecule has 0 aliphatic heterocycles. The van der Waals surface area contributed by atoms with Crippen LogP contribution in [0.5, 0.6) is 0 Å². The third kappa shape index (κ3) is 5.87. The molecule has 134 valence electrons. The molecule has 0 saturated heterocycles. The number of anilines is 1. The van der Waals surface area contributed by atoms with E-state index in [9.17, 15) is 9.59 Å². The first-order chi connectivity index (χ1) is 12.3. The number of carbonyl (C=O) groups is 2. The van der Waals surface area contributed by atoms with Gasteiger partial charge in [0.05, 0.1) is 0 Å². The molecule has 2 amide bonds. The molecule has 26 heavy (non-hydrogen) atoms. The van der Waals surface area contributed by atoms with Gasteiger partial charge in [-0.05, 0) is 48.4 Å². The molecule has 0 radical (unpaired) electrons. The van der Waals surface area contributed by atoms with Crippen LogP contribution in [-0.2, 0) is 9.59 Å². The Bertz CT molecular complexity index is 825. The lowest BCUT2D eigenvalue weighted by atomic mass is 9.99. The Morgan fingerprint density at radius 2 is 1.81 bits per heavy atom. The van der Waals surface area contributed by atoms with Gasteiger partial charge in [-0.15, -0.1) is 0 Å². The lowest BCUT2D eigenvalue weighted by Crippen LogP contribution is -2.17. The summed E-state index contributed by atoms with van der Waals surface area (Å²) >= 11 is 0. The molecular weight excluding hydrogens is 326 g/mol. The highest BCUT2D eigenvalue weighted by atomic mass is 16.2. The first-order valence-corrected chi connectivity index (χ1v) is 7.90. The molecule has 1 rings (SSSR count). The van der Waals surface area contributed by atoms with E-state index in [-0.39, 0.29) is 17.6 Å². The lowest BCUT2D eigenvalue weighted by Gasteiger charge is -2.12. The normalized spacial score (nSPS) is 11.9. The van der Waals surface area contributed by atoms with Crippen molar-refractivity contribution in [1.82, 2.24) is 0 Å². The summed E-state index contributed by atoms with van der Waals surface area (Å²) in [7, 11) is 0. The van der Waals surface area contributed by atoms with E-state index in [2.05, 4.69) is 30.0 Å². The van der Waals surface area contributed by atoms with Crippen LogP contribution in [0.1, 0.15) is 19.4 Å². The van der Waals surface area contributed by atoms with Crippen LogP contribution in [0.2, 0.25) is 0 Å². The van der Waals surface area contributed by atoms with E-state index in [1.807, 2.05) is 13.0 Å². The second-order valence-corrected chi connectivity index (χ2v) is 5.37. The molecule has 0 saturated carbocycles. The van der Waals surface area contributed by atoms with Crippen molar-refractivity contribution in [2.24, 2.45) is 10.7 Å². The smallest absolute Gasteiger partial charge is 0.256 e. The van der Waals surface area contributed by atoms with Gasteiger partial charge in [0.25, 0.3) is 5.91 Å². The fraction of sp³-hybridized carbons (Fsp3) is 0.0952. The van der Waals surface area contributed by atoms with E-state index in [0.717, 1.165) is 0 Å². The number of amidine groups is 1. The molecule has 5 nitrogen and oxygen atoms in total. The molecule has 1 aromatic rings. The summed E-state index contributed by atoms with van der Waals surface area (Å²) < 4.78 is 0. The highest BCUT2D eigenvalue weighted by Crippen LogP contribution is 2.20. The summed E-state index contributed by atoms with van der Waals surface area (Å²) in [4.78, 5) is 27.2. The van der Waals surface area contributed by atoms with E-state index < -0.39 is 0 Å². The molecule has 3 N–H and O–H groups in total. The van der Waals surface area contributed by atoms with Gasteiger partial charge in [-0.1, -0.05) is 38.0 Å². The van der Waals surface area contributed by atoms with Gasteiger partial charge in [0, 0.05) is 23.7 Å². The first-order valence-electron chi connectivity index (χ1n) is 7.90.